The summed E-state index contributed by atoms with van der Waals surface area (Å²) < 4.78 is 5.79. The average Bonchev–Trinajstić information content (AvgIpc) is 2.49. The molecular formula is C13H18N4O4. The van der Waals surface area contributed by atoms with E-state index in [1.807, 2.05) is 0 Å². The summed E-state index contributed by atoms with van der Waals surface area (Å²) in [6, 6.07) is 1.20. The molecule has 21 heavy (non-hydrogen) atoms. The molecule has 8 heteroatoms. The van der Waals surface area contributed by atoms with Crippen LogP contribution in [0.2, 0.25) is 0 Å². The maximum atomic E-state index is 10.8. The number of nitro groups is 1. The van der Waals surface area contributed by atoms with Crippen molar-refractivity contribution in [3.8, 4) is 5.88 Å². The summed E-state index contributed by atoms with van der Waals surface area (Å²) in [4.78, 5) is 14.1. The summed E-state index contributed by atoms with van der Waals surface area (Å²) in [7, 11) is 0. The minimum absolute atomic E-state index is 0.000369. The number of nitrogens with zero attached hydrogens (tertiary/aromatic N) is 3. The van der Waals surface area contributed by atoms with E-state index in [2.05, 4.69) is 17.1 Å². The third kappa shape index (κ3) is 3.59. The van der Waals surface area contributed by atoms with Gasteiger partial charge in [-0.15, -0.1) is 0 Å². The number of ether oxygens (including phenoxy) is 1. The van der Waals surface area contributed by atoms with E-state index in [1.165, 1.54) is 6.07 Å². The number of rotatable bonds is 4. The summed E-state index contributed by atoms with van der Waals surface area (Å²) in [5.74, 6) is 0.582. The van der Waals surface area contributed by atoms with Gasteiger partial charge in [0.2, 0.25) is 5.88 Å². The van der Waals surface area contributed by atoms with Crippen LogP contribution in [0, 0.1) is 16.0 Å². The first-order chi connectivity index (χ1) is 10.0. The smallest absolute Gasteiger partial charge is 0.288 e. The van der Waals surface area contributed by atoms with E-state index in [9.17, 15) is 10.1 Å². The Morgan fingerprint density at radius 1 is 1.52 bits per heavy atom. The van der Waals surface area contributed by atoms with E-state index in [0.717, 1.165) is 31.9 Å². The predicted octanol–water partition coefficient (Wildman–Crippen LogP) is 2.04. The molecule has 0 amide bonds. The number of nitrogens with two attached hydrogens (primary N) is 1. The second kappa shape index (κ2) is 6.38. The van der Waals surface area contributed by atoms with Crippen molar-refractivity contribution in [3.63, 3.8) is 0 Å². The minimum atomic E-state index is -0.590. The highest BCUT2D eigenvalue weighted by Crippen LogP contribution is 2.29. The lowest BCUT2D eigenvalue weighted by Gasteiger charge is -2.26. The lowest BCUT2D eigenvalue weighted by molar-refractivity contribution is -0.385. The molecule has 1 saturated carbocycles. The van der Waals surface area contributed by atoms with Gasteiger partial charge in [-0.3, -0.25) is 10.1 Å². The Morgan fingerprint density at radius 3 is 2.76 bits per heavy atom. The van der Waals surface area contributed by atoms with Gasteiger partial charge in [0.1, 0.15) is 12.3 Å². The average molecular weight is 294 g/mol. The van der Waals surface area contributed by atoms with Crippen LogP contribution in [-0.4, -0.2) is 27.1 Å². The molecule has 0 radical (unpaired) electrons. The molecule has 0 saturated heterocycles. The van der Waals surface area contributed by atoms with Gasteiger partial charge in [0.25, 0.3) is 5.69 Å². The van der Waals surface area contributed by atoms with Crippen LogP contribution in [0.15, 0.2) is 17.4 Å². The molecule has 1 fully saturated rings. The maximum Gasteiger partial charge on any atom is 0.288 e. The van der Waals surface area contributed by atoms with Crippen molar-refractivity contribution in [2.45, 2.75) is 38.7 Å². The normalized spacial score (nSPS) is 22.8. The highest BCUT2D eigenvalue weighted by Gasteiger charge is 2.23. The summed E-state index contributed by atoms with van der Waals surface area (Å²) in [6.07, 6.45) is 5.04. The molecule has 2 rings (SSSR count). The topological polar surface area (TPSA) is 124 Å². The van der Waals surface area contributed by atoms with Crippen LogP contribution in [0.4, 0.5) is 5.69 Å². The second-order valence-corrected chi connectivity index (χ2v) is 5.29. The standard InChI is InChI=1S/C13H18N4O4/c1-8-2-4-10(5-3-8)21-13-11(12(14)16-18)6-9(7-15-13)17(19)20/h6-8,10,18H,2-5H2,1H3,(H2,14,16). The zero-order chi connectivity index (χ0) is 15.4. The second-order valence-electron chi connectivity index (χ2n) is 5.29. The third-order valence-corrected chi connectivity index (χ3v) is 3.67. The Kier molecular flexibility index (Phi) is 4.56. The highest BCUT2D eigenvalue weighted by molar-refractivity contribution is 5.99. The lowest BCUT2D eigenvalue weighted by atomic mass is 9.89. The SMILES string of the molecule is CC1CCC(Oc2ncc([N+](=O)[O-])cc2C(N)=NO)CC1. The van der Waals surface area contributed by atoms with Gasteiger partial charge in [-0.1, -0.05) is 12.1 Å². The Balaban J connectivity index is 2.23. The molecule has 0 atom stereocenters. The molecule has 0 spiro atoms. The number of hydrogen-bond donors (Lipinski definition) is 2. The van der Waals surface area contributed by atoms with E-state index < -0.39 is 4.92 Å². The maximum absolute atomic E-state index is 10.8. The molecule has 0 unspecified atom stereocenters. The van der Waals surface area contributed by atoms with Crippen LogP contribution >= 0.6 is 0 Å². The molecule has 0 aliphatic heterocycles. The molecule has 1 aromatic heterocycles. The molecule has 114 valence electrons. The first kappa shape index (κ1) is 15.0. The van der Waals surface area contributed by atoms with E-state index in [1.54, 1.807) is 0 Å². The van der Waals surface area contributed by atoms with Gasteiger partial charge >= 0.3 is 0 Å². The van der Waals surface area contributed by atoms with Crippen LogP contribution in [-0.2, 0) is 0 Å². The minimum Gasteiger partial charge on any atom is -0.474 e. The van der Waals surface area contributed by atoms with Crippen molar-refractivity contribution in [1.29, 1.82) is 0 Å². The fourth-order valence-electron chi connectivity index (χ4n) is 2.38. The summed E-state index contributed by atoms with van der Waals surface area (Å²) in [6.45, 7) is 2.20. The van der Waals surface area contributed by atoms with Gasteiger partial charge in [-0.25, -0.2) is 4.98 Å². The van der Waals surface area contributed by atoms with Gasteiger partial charge in [0.05, 0.1) is 10.5 Å². The van der Waals surface area contributed by atoms with Gasteiger partial charge < -0.3 is 15.7 Å². The van der Waals surface area contributed by atoms with Crippen molar-refractivity contribution in [2.24, 2.45) is 16.8 Å². The number of pyridine rings is 1. The van der Waals surface area contributed by atoms with Crippen LogP contribution in [0.1, 0.15) is 38.2 Å². The monoisotopic (exact) mass is 294 g/mol. The number of amidine groups is 1. The van der Waals surface area contributed by atoms with E-state index in [4.69, 9.17) is 15.7 Å². The zero-order valence-electron chi connectivity index (χ0n) is 11.7. The predicted molar refractivity (Wildman–Crippen MR) is 75.5 cm³/mol. The fourth-order valence-corrected chi connectivity index (χ4v) is 2.38. The molecule has 1 aliphatic carbocycles. The Labute approximate surface area is 121 Å². The third-order valence-electron chi connectivity index (χ3n) is 3.67. The number of oxime groups is 1. The van der Waals surface area contributed by atoms with E-state index in [0.29, 0.717) is 5.92 Å². The number of hydrogen-bond acceptors (Lipinski definition) is 6. The Bertz CT molecular complexity index is 553. The Hall–Kier alpha value is -2.38. The first-order valence-electron chi connectivity index (χ1n) is 6.80. The molecule has 1 heterocycles. The zero-order valence-corrected chi connectivity index (χ0v) is 11.7. The van der Waals surface area contributed by atoms with Crippen molar-refractivity contribution >= 4 is 11.5 Å². The molecule has 0 bridgehead atoms. The molecule has 0 aromatic carbocycles. The van der Waals surface area contributed by atoms with Crippen molar-refractivity contribution in [1.82, 2.24) is 4.98 Å². The molecule has 1 aromatic rings. The fraction of sp³-hybridized carbons (Fsp3) is 0.538. The summed E-state index contributed by atoms with van der Waals surface area (Å²) >= 11 is 0. The molecule has 1 aliphatic rings. The molecule has 3 N–H and O–H groups in total. The largest absolute Gasteiger partial charge is 0.474 e. The van der Waals surface area contributed by atoms with Crippen LogP contribution in [0.5, 0.6) is 5.88 Å². The summed E-state index contributed by atoms with van der Waals surface area (Å²) in [5, 5.41) is 22.5. The van der Waals surface area contributed by atoms with Crippen LogP contribution in [0.25, 0.3) is 0 Å². The molecule has 8 nitrogen and oxygen atoms in total. The van der Waals surface area contributed by atoms with Crippen molar-refractivity contribution in [3.05, 3.63) is 27.9 Å². The Morgan fingerprint density at radius 2 is 2.19 bits per heavy atom. The van der Waals surface area contributed by atoms with E-state index in [-0.39, 0.29) is 29.1 Å². The van der Waals surface area contributed by atoms with Crippen LogP contribution in [0.3, 0.4) is 0 Å². The van der Waals surface area contributed by atoms with Crippen molar-refractivity contribution < 1.29 is 14.9 Å². The van der Waals surface area contributed by atoms with Gasteiger partial charge in [-0.05, 0) is 31.6 Å². The first-order valence-corrected chi connectivity index (χ1v) is 6.80. The highest BCUT2D eigenvalue weighted by atomic mass is 16.6. The van der Waals surface area contributed by atoms with Gasteiger partial charge in [-0.2, -0.15) is 0 Å². The summed E-state index contributed by atoms with van der Waals surface area (Å²) in [5.41, 5.74) is 5.44. The van der Waals surface area contributed by atoms with Crippen molar-refractivity contribution in [2.75, 3.05) is 0 Å². The van der Waals surface area contributed by atoms with Gasteiger partial charge in [0.15, 0.2) is 5.84 Å². The lowest BCUT2D eigenvalue weighted by Crippen LogP contribution is -2.25. The van der Waals surface area contributed by atoms with Gasteiger partial charge in [0, 0.05) is 6.07 Å². The van der Waals surface area contributed by atoms with Crippen LogP contribution < -0.4 is 10.5 Å². The molecular weight excluding hydrogens is 276 g/mol. The quantitative estimate of drug-likeness (QED) is 0.288. The number of aromatic nitrogens is 1. The van der Waals surface area contributed by atoms with E-state index >= 15 is 0 Å².